The first-order valence-electron chi connectivity index (χ1n) is 7.72. The SMILES string of the molecule is O[C@@]12C[C@H]3C[C@H](C1)[C@H](NCc1ccccc1)[C@@H](C3)C2. The second-order valence-electron chi connectivity index (χ2n) is 7.09. The van der Waals surface area contributed by atoms with Crippen molar-refractivity contribution in [1.29, 1.82) is 0 Å². The van der Waals surface area contributed by atoms with Gasteiger partial charge in [-0.3, -0.25) is 0 Å². The van der Waals surface area contributed by atoms with Crippen molar-refractivity contribution in [3.05, 3.63) is 35.9 Å². The molecule has 2 heteroatoms. The van der Waals surface area contributed by atoms with Gasteiger partial charge in [-0.2, -0.15) is 0 Å². The third-order valence-electron chi connectivity index (χ3n) is 5.63. The van der Waals surface area contributed by atoms with Gasteiger partial charge in [0.1, 0.15) is 0 Å². The highest BCUT2D eigenvalue weighted by Crippen LogP contribution is 2.55. The lowest BCUT2D eigenvalue weighted by Crippen LogP contribution is -2.60. The molecular formula is C17H23NO. The van der Waals surface area contributed by atoms with Crippen molar-refractivity contribution >= 4 is 0 Å². The Hall–Kier alpha value is -0.860. The maximum Gasteiger partial charge on any atom is 0.0657 e. The maximum absolute atomic E-state index is 10.6. The van der Waals surface area contributed by atoms with E-state index in [1.165, 1.54) is 18.4 Å². The molecule has 0 aliphatic heterocycles. The van der Waals surface area contributed by atoms with E-state index >= 15 is 0 Å². The van der Waals surface area contributed by atoms with Crippen molar-refractivity contribution in [2.75, 3.05) is 0 Å². The number of aliphatic hydroxyl groups is 1. The molecule has 0 unspecified atom stereocenters. The molecule has 19 heavy (non-hydrogen) atoms. The Labute approximate surface area is 115 Å². The van der Waals surface area contributed by atoms with Gasteiger partial charge >= 0.3 is 0 Å². The summed E-state index contributed by atoms with van der Waals surface area (Å²) in [5.74, 6) is 2.22. The fraction of sp³-hybridized carbons (Fsp3) is 0.647. The Morgan fingerprint density at radius 2 is 1.74 bits per heavy atom. The van der Waals surface area contributed by atoms with Crippen LogP contribution >= 0.6 is 0 Å². The summed E-state index contributed by atoms with van der Waals surface area (Å²) in [5.41, 5.74) is 1.07. The van der Waals surface area contributed by atoms with Crippen molar-refractivity contribution in [1.82, 2.24) is 5.32 Å². The molecule has 0 spiro atoms. The molecule has 2 N–H and O–H groups in total. The van der Waals surface area contributed by atoms with Crippen LogP contribution in [0, 0.1) is 17.8 Å². The minimum atomic E-state index is -0.304. The van der Waals surface area contributed by atoms with Crippen LogP contribution in [-0.2, 0) is 6.54 Å². The van der Waals surface area contributed by atoms with Crippen molar-refractivity contribution < 1.29 is 5.11 Å². The van der Waals surface area contributed by atoms with E-state index in [0.29, 0.717) is 17.9 Å². The summed E-state index contributed by atoms with van der Waals surface area (Å²) in [7, 11) is 0. The highest BCUT2D eigenvalue weighted by molar-refractivity contribution is 5.15. The quantitative estimate of drug-likeness (QED) is 0.872. The molecule has 5 atom stereocenters. The van der Waals surface area contributed by atoms with Crippen LogP contribution in [0.25, 0.3) is 0 Å². The average molecular weight is 257 g/mol. The molecule has 4 aliphatic carbocycles. The van der Waals surface area contributed by atoms with Crippen molar-refractivity contribution in [2.45, 2.75) is 50.3 Å². The Kier molecular flexibility index (Phi) is 2.71. The van der Waals surface area contributed by atoms with Gasteiger partial charge in [-0.1, -0.05) is 30.3 Å². The van der Waals surface area contributed by atoms with E-state index in [1.807, 2.05) is 0 Å². The molecule has 1 aromatic carbocycles. The van der Waals surface area contributed by atoms with E-state index in [9.17, 15) is 5.11 Å². The van der Waals surface area contributed by atoms with Crippen LogP contribution in [0.4, 0.5) is 0 Å². The van der Waals surface area contributed by atoms with Crippen LogP contribution in [-0.4, -0.2) is 16.7 Å². The number of hydrogen-bond acceptors (Lipinski definition) is 2. The smallest absolute Gasteiger partial charge is 0.0657 e. The third-order valence-corrected chi connectivity index (χ3v) is 5.63. The molecular weight excluding hydrogens is 234 g/mol. The lowest BCUT2D eigenvalue weighted by atomic mass is 9.52. The predicted molar refractivity (Wildman–Crippen MR) is 75.6 cm³/mol. The highest BCUT2D eigenvalue weighted by Gasteiger charge is 2.54. The standard InChI is InChI=1S/C17H23NO/c19-17-8-13-6-14(9-17)16(15(7-13)10-17)18-11-12-4-2-1-3-5-12/h1-5,13-16,18-19H,6-11H2/t13-,14+,15-,16-,17-. The summed E-state index contributed by atoms with van der Waals surface area (Å²) in [4.78, 5) is 0. The zero-order valence-electron chi connectivity index (χ0n) is 11.4. The summed E-state index contributed by atoms with van der Waals surface area (Å²) < 4.78 is 0. The maximum atomic E-state index is 10.6. The van der Waals surface area contributed by atoms with E-state index in [4.69, 9.17) is 0 Å². The zero-order chi connectivity index (χ0) is 12.9. The molecule has 102 valence electrons. The highest BCUT2D eigenvalue weighted by atomic mass is 16.3. The van der Waals surface area contributed by atoms with E-state index < -0.39 is 0 Å². The molecule has 4 aliphatic rings. The third kappa shape index (κ3) is 2.11. The van der Waals surface area contributed by atoms with E-state index in [0.717, 1.165) is 31.7 Å². The zero-order valence-corrected chi connectivity index (χ0v) is 11.4. The van der Waals surface area contributed by atoms with Crippen molar-refractivity contribution in [3.63, 3.8) is 0 Å². The van der Waals surface area contributed by atoms with Crippen LogP contribution in [0.5, 0.6) is 0 Å². The van der Waals surface area contributed by atoms with Crippen LogP contribution in [0.3, 0.4) is 0 Å². The number of hydrogen-bond donors (Lipinski definition) is 2. The molecule has 0 saturated heterocycles. The van der Waals surface area contributed by atoms with Gasteiger partial charge in [0, 0.05) is 12.6 Å². The summed E-state index contributed by atoms with van der Waals surface area (Å²) in [6.45, 7) is 0.974. The molecule has 2 nitrogen and oxygen atoms in total. The summed E-state index contributed by atoms with van der Waals surface area (Å²) in [5, 5.41) is 14.4. The molecule has 4 saturated carbocycles. The molecule has 5 rings (SSSR count). The van der Waals surface area contributed by atoms with Crippen LogP contribution < -0.4 is 5.32 Å². The van der Waals surface area contributed by atoms with Gasteiger partial charge in [-0.25, -0.2) is 0 Å². The minimum Gasteiger partial charge on any atom is -0.390 e. The Morgan fingerprint density at radius 1 is 1.05 bits per heavy atom. The molecule has 0 heterocycles. The molecule has 4 bridgehead atoms. The molecule has 1 aromatic rings. The lowest BCUT2D eigenvalue weighted by molar-refractivity contribution is -0.138. The van der Waals surface area contributed by atoms with Crippen LogP contribution in [0.15, 0.2) is 30.3 Å². The number of benzene rings is 1. The van der Waals surface area contributed by atoms with Gasteiger partial charge in [0.25, 0.3) is 0 Å². The molecule has 0 radical (unpaired) electrons. The monoisotopic (exact) mass is 257 g/mol. The molecule has 4 fully saturated rings. The summed E-state index contributed by atoms with van der Waals surface area (Å²) >= 11 is 0. The van der Waals surface area contributed by atoms with E-state index in [2.05, 4.69) is 35.6 Å². The van der Waals surface area contributed by atoms with Crippen LogP contribution in [0.1, 0.15) is 37.7 Å². The summed E-state index contributed by atoms with van der Waals surface area (Å²) in [6, 6.07) is 11.3. The van der Waals surface area contributed by atoms with Crippen LogP contribution in [0.2, 0.25) is 0 Å². The Bertz CT molecular complexity index is 442. The Balaban J connectivity index is 1.45. The first-order chi connectivity index (χ1) is 9.22. The van der Waals surface area contributed by atoms with Gasteiger partial charge in [-0.05, 0) is 55.4 Å². The van der Waals surface area contributed by atoms with Crippen molar-refractivity contribution in [3.8, 4) is 0 Å². The number of nitrogens with one attached hydrogen (secondary N) is 1. The molecule has 0 aromatic heterocycles. The summed E-state index contributed by atoms with van der Waals surface area (Å²) in [6.07, 6.45) is 5.82. The number of rotatable bonds is 3. The second-order valence-corrected chi connectivity index (χ2v) is 7.09. The van der Waals surface area contributed by atoms with E-state index in [1.54, 1.807) is 0 Å². The van der Waals surface area contributed by atoms with Gasteiger partial charge in [0.15, 0.2) is 0 Å². The largest absolute Gasteiger partial charge is 0.390 e. The first-order valence-corrected chi connectivity index (χ1v) is 7.72. The fourth-order valence-electron chi connectivity index (χ4n) is 5.15. The predicted octanol–water partition coefficient (Wildman–Crippen LogP) is 2.72. The van der Waals surface area contributed by atoms with Gasteiger partial charge < -0.3 is 10.4 Å². The topological polar surface area (TPSA) is 32.3 Å². The van der Waals surface area contributed by atoms with Gasteiger partial charge in [0.05, 0.1) is 5.60 Å². The van der Waals surface area contributed by atoms with Gasteiger partial charge in [-0.15, -0.1) is 0 Å². The molecule has 0 amide bonds. The van der Waals surface area contributed by atoms with Crippen molar-refractivity contribution in [2.24, 2.45) is 17.8 Å². The van der Waals surface area contributed by atoms with Gasteiger partial charge in [0.2, 0.25) is 0 Å². The average Bonchev–Trinajstić information content (AvgIpc) is 2.37. The lowest BCUT2D eigenvalue weighted by Gasteiger charge is -2.58. The fourth-order valence-corrected chi connectivity index (χ4v) is 5.15. The first kappa shape index (κ1) is 11.9. The minimum absolute atomic E-state index is 0.304. The van der Waals surface area contributed by atoms with E-state index in [-0.39, 0.29) is 5.60 Å². The second kappa shape index (κ2) is 4.32. The Morgan fingerprint density at radius 3 is 2.37 bits per heavy atom. The normalized spacial score (nSPS) is 43.6.